The molecule has 11 heteroatoms. The summed E-state index contributed by atoms with van der Waals surface area (Å²) in [6.45, 7) is 6.17. The average molecular weight is 565 g/mol. The van der Waals surface area contributed by atoms with Gasteiger partial charge in [-0.1, -0.05) is 0 Å². The summed E-state index contributed by atoms with van der Waals surface area (Å²) in [4.78, 5) is 34.4. The van der Waals surface area contributed by atoms with Crippen LogP contribution in [0.5, 0.6) is 0 Å². The van der Waals surface area contributed by atoms with Gasteiger partial charge in [-0.3, -0.25) is 14.5 Å². The van der Waals surface area contributed by atoms with Crippen molar-refractivity contribution in [2.75, 3.05) is 77.0 Å². The summed E-state index contributed by atoms with van der Waals surface area (Å²) in [5, 5.41) is 8.69. The second-order valence-corrected chi connectivity index (χ2v) is 10.2. The molecule has 9 nitrogen and oxygen atoms in total. The van der Waals surface area contributed by atoms with E-state index >= 15 is 0 Å². The van der Waals surface area contributed by atoms with Gasteiger partial charge in [0.1, 0.15) is 18.2 Å². The summed E-state index contributed by atoms with van der Waals surface area (Å²) in [6, 6.07) is 15.3. The zero-order valence-electron chi connectivity index (χ0n) is 22.9. The first-order chi connectivity index (χ1) is 20.0. The number of aromatic nitrogens is 2. The molecule has 2 saturated heterocycles. The number of ether oxygens (including phenoxy) is 1. The summed E-state index contributed by atoms with van der Waals surface area (Å²) in [6.07, 6.45) is 0.743. The molecule has 3 heterocycles. The van der Waals surface area contributed by atoms with Crippen molar-refractivity contribution in [3.63, 3.8) is 0 Å². The van der Waals surface area contributed by atoms with Crippen molar-refractivity contribution >= 4 is 17.6 Å². The maximum atomic E-state index is 13.5. The fraction of sp³-hybridized carbons (Fsp3) is 0.400. The second kappa shape index (κ2) is 13.6. The maximum absolute atomic E-state index is 13.5. The lowest BCUT2D eigenvalue weighted by atomic mass is 10.1. The molecule has 0 unspecified atom stereocenters. The molecule has 0 bridgehead atoms. The van der Waals surface area contributed by atoms with E-state index in [1.54, 1.807) is 21.9 Å². The van der Waals surface area contributed by atoms with Crippen molar-refractivity contribution in [3.8, 4) is 11.3 Å². The third kappa shape index (κ3) is 7.62. The van der Waals surface area contributed by atoms with Crippen LogP contribution in [0, 0.1) is 11.6 Å². The molecule has 1 aromatic heterocycles. The van der Waals surface area contributed by atoms with Gasteiger partial charge in [-0.25, -0.2) is 8.78 Å². The fourth-order valence-corrected chi connectivity index (χ4v) is 5.04. The van der Waals surface area contributed by atoms with Crippen LogP contribution >= 0.6 is 0 Å². The Bertz CT molecular complexity index is 1300. The van der Waals surface area contributed by atoms with E-state index in [0.29, 0.717) is 69.6 Å². The van der Waals surface area contributed by atoms with E-state index in [4.69, 9.17) is 4.74 Å². The lowest BCUT2D eigenvalue weighted by molar-refractivity contribution is -0.131. The van der Waals surface area contributed by atoms with Crippen LogP contribution in [0.4, 0.5) is 14.6 Å². The molecule has 0 aliphatic carbocycles. The van der Waals surface area contributed by atoms with Crippen LogP contribution in [0.15, 0.2) is 60.7 Å². The molecule has 2 amide bonds. The number of carbonyl (C=O) groups is 2. The number of hydrogen-bond acceptors (Lipinski definition) is 7. The molecular formula is C30H34F2N6O3. The minimum atomic E-state index is -0.415. The first-order valence-electron chi connectivity index (χ1n) is 13.9. The van der Waals surface area contributed by atoms with Gasteiger partial charge in [0.15, 0.2) is 5.82 Å². The minimum Gasteiger partial charge on any atom is -0.379 e. The van der Waals surface area contributed by atoms with Gasteiger partial charge >= 0.3 is 0 Å². The fourth-order valence-electron chi connectivity index (χ4n) is 5.04. The summed E-state index contributed by atoms with van der Waals surface area (Å²) in [5.41, 5.74) is 1.79. The van der Waals surface area contributed by atoms with Gasteiger partial charge in [-0.15, -0.1) is 10.2 Å². The molecule has 2 aliphatic heterocycles. The predicted molar refractivity (Wildman–Crippen MR) is 150 cm³/mol. The minimum absolute atomic E-state index is 0.0489. The molecule has 2 fully saturated rings. The van der Waals surface area contributed by atoms with Crippen LogP contribution < -0.4 is 4.90 Å². The Kier molecular flexibility index (Phi) is 9.48. The van der Waals surface area contributed by atoms with Crippen molar-refractivity contribution in [1.82, 2.24) is 24.9 Å². The smallest absolute Gasteiger partial charge is 0.254 e. The standard InChI is InChI=1S/C30H34F2N6O3/c31-25-6-2-23(3-7-25)27-10-11-28(34-33-27)36-12-1-13-37(17-16-36)29(39)22-38(15-14-35-18-20-41-21-19-35)30(40)24-4-8-26(32)9-5-24/h2-11H,1,12-22H2. The van der Waals surface area contributed by atoms with Gasteiger partial charge in [-0.05, 0) is 67.1 Å². The number of carbonyl (C=O) groups excluding carboxylic acids is 2. The quantitative estimate of drug-likeness (QED) is 0.416. The van der Waals surface area contributed by atoms with Crippen LogP contribution in [0.3, 0.4) is 0 Å². The topological polar surface area (TPSA) is 82.1 Å². The predicted octanol–water partition coefficient (Wildman–Crippen LogP) is 2.94. The highest BCUT2D eigenvalue weighted by Gasteiger charge is 2.25. The lowest BCUT2D eigenvalue weighted by Crippen LogP contribution is -2.47. The van der Waals surface area contributed by atoms with E-state index in [1.165, 1.54) is 36.4 Å². The molecule has 2 aromatic carbocycles. The summed E-state index contributed by atoms with van der Waals surface area (Å²) in [5.74, 6) is -0.422. The van der Waals surface area contributed by atoms with Crippen molar-refractivity contribution < 1.29 is 23.1 Å². The van der Waals surface area contributed by atoms with E-state index < -0.39 is 5.82 Å². The summed E-state index contributed by atoms with van der Waals surface area (Å²) in [7, 11) is 0. The van der Waals surface area contributed by atoms with Gasteiger partial charge in [0, 0.05) is 63.5 Å². The second-order valence-electron chi connectivity index (χ2n) is 10.2. The molecule has 0 N–H and O–H groups in total. The van der Waals surface area contributed by atoms with Gasteiger partial charge in [0.05, 0.1) is 18.9 Å². The third-order valence-electron chi connectivity index (χ3n) is 7.46. The van der Waals surface area contributed by atoms with Crippen LogP contribution in [-0.4, -0.2) is 109 Å². The Morgan fingerprint density at radius 2 is 1.51 bits per heavy atom. The van der Waals surface area contributed by atoms with Crippen LogP contribution in [0.2, 0.25) is 0 Å². The monoisotopic (exact) mass is 564 g/mol. The van der Waals surface area contributed by atoms with Gasteiger partial charge in [0.2, 0.25) is 5.91 Å². The maximum Gasteiger partial charge on any atom is 0.254 e. The van der Waals surface area contributed by atoms with E-state index in [2.05, 4.69) is 20.0 Å². The van der Waals surface area contributed by atoms with Gasteiger partial charge < -0.3 is 19.4 Å². The number of nitrogens with zero attached hydrogens (tertiary/aromatic N) is 6. The third-order valence-corrected chi connectivity index (χ3v) is 7.46. The Hall–Kier alpha value is -3.96. The lowest BCUT2D eigenvalue weighted by Gasteiger charge is -2.31. The molecule has 0 saturated carbocycles. The Morgan fingerprint density at radius 3 is 2.20 bits per heavy atom. The van der Waals surface area contributed by atoms with Gasteiger partial charge in [0.25, 0.3) is 5.91 Å². The Balaban J connectivity index is 1.20. The highest BCUT2D eigenvalue weighted by molar-refractivity contribution is 5.96. The zero-order chi connectivity index (χ0) is 28.6. The van der Waals surface area contributed by atoms with Crippen molar-refractivity contribution in [1.29, 1.82) is 0 Å². The van der Waals surface area contributed by atoms with E-state index in [1.807, 2.05) is 12.1 Å². The highest BCUT2D eigenvalue weighted by Crippen LogP contribution is 2.20. The normalized spacial score (nSPS) is 16.3. The summed E-state index contributed by atoms with van der Waals surface area (Å²) < 4.78 is 32.1. The van der Waals surface area contributed by atoms with E-state index in [9.17, 15) is 18.4 Å². The van der Waals surface area contributed by atoms with Crippen LogP contribution in [-0.2, 0) is 9.53 Å². The average Bonchev–Trinajstić information content (AvgIpc) is 3.27. The van der Waals surface area contributed by atoms with Crippen LogP contribution in [0.25, 0.3) is 11.3 Å². The molecule has 0 spiro atoms. The van der Waals surface area contributed by atoms with Crippen molar-refractivity contribution in [3.05, 3.63) is 77.9 Å². The molecular weight excluding hydrogens is 530 g/mol. The number of benzene rings is 2. The molecule has 2 aliphatic rings. The van der Waals surface area contributed by atoms with Crippen LogP contribution in [0.1, 0.15) is 16.8 Å². The number of morpholine rings is 1. The van der Waals surface area contributed by atoms with E-state index in [-0.39, 0.29) is 24.2 Å². The zero-order valence-corrected chi connectivity index (χ0v) is 22.9. The first-order valence-corrected chi connectivity index (χ1v) is 13.9. The van der Waals surface area contributed by atoms with Gasteiger partial charge in [-0.2, -0.15) is 0 Å². The SMILES string of the molecule is O=C(CN(CCN1CCOCC1)C(=O)c1ccc(F)cc1)N1CCCN(c2ccc(-c3ccc(F)cc3)nn2)CC1. The number of hydrogen-bond donors (Lipinski definition) is 0. The Morgan fingerprint density at radius 1 is 0.805 bits per heavy atom. The number of halogens is 2. The Labute approximate surface area is 238 Å². The summed E-state index contributed by atoms with van der Waals surface area (Å²) >= 11 is 0. The number of amides is 2. The molecule has 41 heavy (non-hydrogen) atoms. The molecule has 0 atom stereocenters. The highest BCUT2D eigenvalue weighted by atomic mass is 19.1. The largest absolute Gasteiger partial charge is 0.379 e. The first kappa shape index (κ1) is 28.6. The molecule has 3 aromatic rings. The molecule has 0 radical (unpaired) electrons. The molecule has 5 rings (SSSR count). The van der Waals surface area contributed by atoms with Crippen molar-refractivity contribution in [2.45, 2.75) is 6.42 Å². The number of anilines is 1. The number of rotatable bonds is 8. The molecule has 216 valence electrons. The van der Waals surface area contributed by atoms with E-state index in [0.717, 1.165) is 25.1 Å². The van der Waals surface area contributed by atoms with Crippen molar-refractivity contribution in [2.24, 2.45) is 0 Å².